The van der Waals surface area contributed by atoms with E-state index in [0.29, 0.717) is 11.1 Å². The van der Waals surface area contributed by atoms with Gasteiger partial charge in [-0.05, 0) is 35.9 Å². The number of sulfone groups is 1. The van der Waals surface area contributed by atoms with E-state index in [2.05, 4.69) is 4.98 Å². The highest BCUT2D eigenvalue weighted by Gasteiger charge is 2.22. The Bertz CT molecular complexity index is 1040. The number of fused-ring (bicyclic) bond motifs is 1. The number of phenolic OH excluding ortho intramolecular Hbond substituents is 1. The molecule has 0 radical (unpaired) electrons. The van der Waals surface area contributed by atoms with Crippen molar-refractivity contribution in [3.05, 3.63) is 64.4 Å². The average Bonchev–Trinajstić information content (AvgIpc) is 2.55. The first kappa shape index (κ1) is 15.3. The van der Waals surface area contributed by atoms with Gasteiger partial charge in [0.05, 0.1) is 16.9 Å². The van der Waals surface area contributed by atoms with Gasteiger partial charge in [0.15, 0.2) is 0 Å². The normalized spacial score (nSPS) is 11.7. The van der Waals surface area contributed by atoms with Gasteiger partial charge in [-0.25, -0.2) is 8.42 Å². The molecule has 3 aromatic rings. The van der Waals surface area contributed by atoms with E-state index in [-0.39, 0.29) is 22.6 Å². The average molecular weight is 331 g/mol. The highest BCUT2D eigenvalue weighted by atomic mass is 32.2. The van der Waals surface area contributed by atoms with Crippen molar-refractivity contribution in [3.8, 4) is 5.75 Å². The summed E-state index contributed by atoms with van der Waals surface area (Å²) in [5.41, 5.74) is 0.324. The summed E-state index contributed by atoms with van der Waals surface area (Å²) in [5.74, 6) is -0.121. The van der Waals surface area contributed by atoms with Gasteiger partial charge in [-0.1, -0.05) is 12.1 Å². The molecule has 3 N–H and O–H groups in total. The zero-order valence-corrected chi connectivity index (χ0v) is 12.7. The van der Waals surface area contributed by atoms with Crippen LogP contribution >= 0.6 is 0 Å². The van der Waals surface area contributed by atoms with Gasteiger partial charge in [0.2, 0.25) is 15.3 Å². The van der Waals surface area contributed by atoms with Gasteiger partial charge >= 0.3 is 0 Å². The molecule has 23 heavy (non-hydrogen) atoms. The molecule has 7 heteroatoms. The summed E-state index contributed by atoms with van der Waals surface area (Å²) in [6, 6.07) is 9.77. The number of aliphatic hydroxyl groups excluding tert-OH is 1. The van der Waals surface area contributed by atoms with Crippen molar-refractivity contribution in [1.29, 1.82) is 0 Å². The lowest BCUT2D eigenvalue weighted by atomic mass is 10.2. The van der Waals surface area contributed by atoms with Crippen LogP contribution in [0.4, 0.5) is 0 Å². The number of benzene rings is 2. The smallest absolute Gasteiger partial charge is 0.211 e. The third kappa shape index (κ3) is 2.60. The van der Waals surface area contributed by atoms with Crippen LogP contribution in [0.25, 0.3) is 10.9 Å². The van der Waals surface area contributed by atoms with Crippen molar-refractivity contribution < 1.29 is 18.6 Å². The number of hydrogen-bond donors (Lipinski definition) is 3. The topological polar surface area (TPSA) is 107 Å². The van der Waals surface area contributed by atoms with E-state index in [1.807, 2.05) is 0 Å². The minimum absolute atomic E-state index is 0.0419. The standard InChI is InChI=1S/C16H13NO5S/c18-9-10-1-4-12(5-2-10)23(21,22)15-8-17-14-6-3-11(19)7-13(14)16(15)20/h1-8,18-19H,9H2,(H,17,20). The molecule has 0 saturated carbocycles. The summed E-state index contributed by atoms with van der Waals surface area (Å²) in [7, 11) is -4.01. The Hall–Kier alpha value is -2.64. The molecule has 0 bridgehead atoms. The quantitative estimate of drug-likeness (QED) is 0.675. The summed E-state index contributed by atoms with van der Waals surface area (Å²) < 4.78 is 25.3. The molecule has 0 unspecified atom stereocenters. The molecule has 118 valence electrons. The van der Waals surface area contributed by atoms with Gasteiger partial charge in [0, 0.05) is 11.7 Å². The molecule has 0 saturated heterocycles. The zero-order chi connectivity index (χ0) is 16.6. The molecule has 2 aromatic carbocycles. The number of hydrogen-bond acceptors (Lipinski definition) is 5. The fourth-order valence-corrected chi connectivity index (χ4v) is 3.60. The highest BCUT2D eigenvalue weighted by molar-refractivity contribution is 7.91. The lowest BCUT2D eigenvalue weighted by Gasteiger charge is -2.06. The maximum Gasteiger partial charge on any atom is 0.211 e. The van der Waals surface area contributed by atoms with E-state index in [1.54, 1.807) is 0 Å². The van der Waals surface area contributed by atoms with Crippen LogP contribution in [0, 0.1) is 0 Å². The molecule has 0 spiro atoms. The van der Waals surface area contributed by atoms with Crippen LogP contribution in [-0.2, 0) is 16.4 Å². The number of aromatic hydroxyl groups is 1. The minimum Gasteiger partial charge on any atom is -0.508 e. The van der Waals surface area contributed by atoms with Crippen molar-refractivity contribution in [1.82, 2.24) is 4.98 Å². The van der Waals surface area contributed by atoms with Crippen LogP contribution in [0.5, 0.6) is 5.75 Å². The number of rotatable bonds is 3. The highest BCUT2D eigenvalue weighted by Crippen LogP contribution is 2.21. The summed E-state index contributed by atoms with van der Waals surface area (Å²) in [4.78, 5) is 14.8. The number of aromatic amines is 1. The maximum atomic E-state index is 12.6. The van der Waals surface area contributed by atoms with Crippen LogP contribution in [0.1, 0.15) is 5.56 Å². The van der Waals surface area contributed by atoms with E-state index < -0.39 is 20.2 Å². The largest absolute Gasteiger partial charge is 0.508 e. The summed E-state index contributed by atoms with van der Waals surface area (Å²) >= 11 is 0. The van der Waals surface area contributed by atoms with Crippen molar-refractivity contribution in [2.75, 3.05) is 0 Å². The number of aliphatic hydroxyl groups is 1. The first-order valence-corrected chi connectivity index (χ1v) is 8.21. The molecule has 0 aliphatic carbocycles. The van der Waals surface area contributed by atoms with Crippen molar-refractivity contribution in [2.24, 2.45) is 0 Å². The molecule has 0 fully saturated rings. The van der Waals surface area contributed by atoms with Crippen LogP contribution in [0.2, 0.25) is 0 Å². The molecule has 6 nitrogen and oxygen atoms in total. The molecule has 1 heterocycles. The van der Waals surface area contributed by atoms with Crippen LogP contribution in [0.15, 0.2) is 63.2 Å². The van der Waals surface area contributed by atoms with E-state index in [0.717, 1.165) is 6.20 Å². The number of nitrogens with one attached hydrogen (secondary N) is 1. The number of aromatic nitrogens is 1. The second-order valence-electron chi connectivity index (χ2n) is 5.02. The molecule has 3 rings (SSSR count). The molecule has 0 aliphatic heterocycles. The summed E-state index contributed by atoms with van der Waals surface area (Å²) in [5, 5.41) is 18.6. The van der Waals surface area contributed by atoms with Gasteiger partial charge in [-0.3, -0.25) is 4.79 Å². The summed E-state index contributed by atoms with van der Waals surface area (Å²) in [6.07, 6.45) is 1.15. The third-order valence-corrected chi connectivity index (χ3v) is 5.31. The fraction of sp³-hybridized carbons (Fsp3) is 0.0625. The lowest BCUT2D eigenvalue weighted by molar-refractivity contribution is 0.282. The SMILES string of the molecule is O=c1c(S(=O)(=O)c2ccc(CO)cc2)c[nH]c2ccc(O)cc12. The number of pyridine rings is 1. The number of phenols is 1. The van der Waals surface area contributed by atoms with Crippen LogP contribution in [-0.4, -0.2) is 23.6 Å². The van der Waals surface area contributed by atoms with Crippen LogP contribution < -0.4 is 5.43 Å². The molecular weight excluding hydrogens is 318 g/mol. The summed E-state index contributed by atoms with van der Waals surface area (Å²) in [6.45, 7) is -0.198. The molecule has 0 aliphatic rings. The second-order valence-corrected chi connectivity index (χ2v) is 6.94. The Morgan fingerprint density at radius 2 is 1.74 bits per heavy atom. The molecule has 0 atom stereocenters. The van der Waals surface area contributed by atoms with Crippen LogP contribution in [0.3, 0.4) is 0 Å². The predicted octanol–water partition coefficient (Wildman–Crippen LogP) is 1.56. The molecule has 0 amide bonds. The lowest BCUT2D eigenvalue weighted by Crippen LogP contribution is -2.16. The Morgan fingerprint density at radius 1 is 1.04 bits per heavy atom. The molecule has 1 aromatic heterocycles. The van der Waals surface area contributed by atoms with Gasteiger partial charge in [0.1, 0.15) is 10.6 Å². The van der Waals surface area contributed by atoms with Gasteiger partial charge in [-0.15, -0.1) is 0 Å². The Morgan fingerprint density at radius 3 is 2.39 bits per heavy atom. The van der Waals surface area contributed by atoms with Crippen molar-refractivity contribution in [3.63, 3.8) is 0 Å². The van der Waals surface area contributed by atoms with Gasteiger partial charge in [-0.2, -0.15) is 0 Å². The number of H-pyrrole nitrogens is 1. The predicted molar refractivity (Wildman–Crippen MR) is 84.1 cm³/mol. The zero-order valence-electron chi connectivity index (χ0n) is 11.9. The van der Waals surface area contributed by atoms with Crippen molar-refractivity contribution >= 4 is 20.7 Å². The second kappa shape index (κ2) is 5.53. The van der Waals surface area contributed by atoms with E-state index in [1.165, 1.54) is 42.5 Å². The van der Waals surface area contributed by atoms with E-state index in [4.69, 9.17) is 5.11 Å². The Kier molecular flexibility index (Phi) is 3.67. The van der Waals surface area contributed by atoms with Gasteiger partial charge in [0.25, 0.3) is 0 Å². The van der Waals surface area contributed by atoms with E-state index >= 15 is 0 Å². The maximum absolute atomic E-state index is 12.6. The monoisotopic (exact) mass is 331 g/mol. The van der Waals surface area contributed by atoms with Gasteiger partial charge < -0.3 is 15.2 Å². The Labute approximate surface area is 131 Å². The molecular formula is C16H13NO5S. The first-order valence-electron chi connectivity index (χ1n) is 6.73. The Balaban J connectivity index is 2.21. The third-order valence-electron chi connectivity index (χ3n) is 3.54. The van der Waals surface area contributed by atoms with E-state index in [9.17, 15) is 18.3 Å². The first-order chi connectivity index (χ1) is 10.9. The fourth-order valence-electron chi connectivity index (χ4n) is 2.29. The minimum atomic E-state index is -4.01. The van der Waals surface area contributed by atoms with Crippen molar-refractivity contribution in [2.45, 2.75) is 16.4 Å².